The molecular weight excluding hydrogens is 288 g/mol. The van der Waals surface area contributed by atoms with E-state index in [-0.39, 0.29) is 0 Å². The zero-order valence-corrected chi connectivity index (χ0v) is 14.2. The lowest BCUT2D eigenvalue weighted by Crippen LogP contribution is -2.33. The van der Waals surface area contributed by atoms with Gasteiger partial charge in [-0.3, -0.25) is 0 Å². The molecule has 0 aliphatic heterocycles. The average molecular weight is 314 g/mol. The highest BCUT2D eigenvalue weighted by Crippen LogP contribution is 2.34. The van der Waals surface area contributed by atoms with Crippen LogP contribution in [0.5, 0.6) is 0 Å². The fourth-order valence-electron chi connectivity index (χ4n) is 2.62. The number of rotatable bonds is 8. The molecule has 1 N–H and O–H groups in total. The van der Waals surface area contributed by atoms with Gasteiger partial charge in [-0.2, -0.15) is 4.31 Å². The lowest BCUT2D eigenvalue weighted by molar-refractivity contribution is 0.409. The second-order valence-electron chi connectivity index (χ2n) is 5.70. The van der Waals surface area contributed by atoms with Gasteiger partial charge in [-0.05, 0) is 39.2 Å². The van der Waals surface area contributed by atoms with Gasteiger partial charge < -0.3 is 9.73 Å². The highest BCUT2D eigenvalue weighted by molar-refractivity contribution is 7.89. The summed E-state index contributed by atoms with van der Waals surface area (Å²) in [5, 5.41) is 3.20. The van der Waals surface area contributed by atoms with E-state index in [0.717, 1.165) is 24.9 Å². The largest absolute Gasteiger partial charge is 0.465 e. The molecule has 6 heteroatoms. The molecule has 1 aliphatic carbocycles. The van der Waals surface area contributed by atoms with Gasteiger partial charge in [0.05, 0.1) is 0 Å². The predicted molar refractivity (Wildman–Crippen MR) is 82.7 cm³/mol. The van der Waals surface area contributed by atoms with Crippen molar-refractivity contribution in [1.29, 1.82) is 0 Å². The molecule has 0 spiro atoms. The maximum Gasteiger partial charge on any atom is 0.246 e. The van der Waals surface area contributed by atoms with Crippen LogP contribution in [0.3, 0.4) is 0 Å². The van der Waals surface area contributed by atoms with Crippen molar-refractivity contribution in [3.8, 4) is 0 Å². The van der Waals surface area contributed by atoms with Gasteiger partial charge >= 0.3 is 0 Å². The molecule has 0 bridgehead atoms. The van der Waals surface area contributed by atoms with Crippen LogP contribution in [0.4, 0.5) is 0 Å². The van der Waals surface area contributed by atoms with Gasteiger partial charge in [0.15, 0.2) is 0 Å². The Balaban J connectivity index is 2.37. The van der Waals surface area contributed by atoms with Crippen LogP contribution in [0, 0.1) is 19.8 Å². The van der Waals surface area contributed by atoms with Crippen LogP contribution in [-0.2, 0) is 16.6 Å². The van der Waals surface area contributed by atoms with Crippen LogP contribution in [0.25, 0.3) is 0 Å². The molecule has 1 heterocycles. The van der Waals surface area contributed by atoms with Crippen molar-refractivity contribution in [2.24, 2.45) is 5.92 Å². The van der Waals surface area contributed by atoms with E-state index in [2.05, 4.69) is 5.32 Å². The van der Waals surface area contributed by atoms with E-state index in [0.29, 0.717) is 42.0 Å². The summed E-state index contributed by atoms with van der Waals surface area (Å²) in [5.41, 5.74) is 0.767. The monoisotopic (exact) mass is 314 g/mol. The molecule has 2 rings (SSSR count). The minimum absolute atomic E-state index is 0.364. The molecular formula is C15H26N2O3S. The third kappa shape index (κ3) is 3.49. The SMILES string of the molecule is CCNCc1c(C)oc(C)c1S(=O)(=O)N(CC)CC1CC1. The van der Waals surface area contributed by atoms with Crippen LogP contribution in [0.2, 0.25) is 0 Å². The lowest BCUT2D eigenvalue weighted by atomic mass is 10.2. The second-order valence-corrected chi connectivity index (χ2v) is 7.58. The maximum absolute atomic E-state index is 13.0. The molecule has 1 aromatic heterocycles. The van der Waals surface area contributed by atoms with E-state index in [9.17, 15) is 8.42 Å². The summed E-state index contributed by atoms with van der Waals surface area (Å²) < 4.78 is 33.2. The quantitative estimate of drug-likeness (QED) is 0.800. The highest BCUT2D eigenvalue weighted by Gasteiger charge is 2.35. The van der Waals surface area contributed by atoms with Gasteiger partial charge in [-0.1, -0.05) is 13.8 Å². The maximum atomic E-state index is 13.0. The van der Waals surface area contributed by atoms with Crippen LogP contribution < -0.4 is 5.32 Å². The van der Waals surface area contributed by atoms with Gasteiger partial charge in [-0.25, -0.2) is 8.42 Å². The normalized spacial score (nSPS) is 15.9. The molecule has 1 aromatic rings. The van der Waals surface area contributed by atoms with E-state index < -0.39 is 10.0 Å². The third-order valence-electron chi connectivity index (χ3n) is 3.99. The Kier molecular flexibility index (Phi) is 5.11. The molecule has 0 atom stereocenters. The Labute approximate surface area is 127 Å². The first-order valence-electron chi connectivity index (χ1n) is 7.71. The van der Waals surface area contributed by atoms with Crippen LogP contribution in [0.15, 0.2) is 9.31 Å². The fraction of sp³-hybridized carbons (Fsp3) is 0.733. The van der Waals surface area contributed by atoms with Crippen molar-refractivity contribution in [3.05, 3.63) is 17.1 Å². The van der Waals surface area contributed by atoms with Gasteiger partial charge in [0, 0.05) is 25.2 Å². The van der Waals surface area contributed by atoms with Crippen molar-refractivity contribution < 1.29 is 12.8 Å². The van der Waals surface area contributed by atoms with Crippen molar-refractivity contribution >= 4 is 10.0 Å². The van der Waals surface area contributed by atoms with E-state index in [1.165, 1.54) is 0 Å². The number of hydrogen-bond donors (Lipinski definition) is 1. The van der Waals surface area contributed by atoms with Crippen molar-refractivity contribution in [2.75, 3.05) is 19.6 Å². The number of nitrogens with one attached hydrogen (secondary N) is 1. The number of nitrogens with zero attached hydrogens (tertiary/aromatic N) is 1. The Hall–Kier alpha value is -0.850. The fourth-order valence-corrected chi connectivity index (χ4v) is 4.55. The standard InChI is InChI=1S/C15H26N2O3S/c1-5-16-9-14-11(3)20-12(4)15(14)21(18,19)17(6-2)10-13-7-8-13/h13,16H,5-10H2,1-4H3. The topological polar surface area (TPSA) is 62.6 Å². The first-order valence-corrected chi connectivity index (χ1v) is 9.15. The second kappa shape index (κ2) is 6.50. The van der Waals surface area contributed by atoms with Crippen molar-refractivity contribution in [3.63, 3.8) is 0 Å². The lowest BCUT2D eigenvalue weighted by Gasteiger charge is -2.21. The molecule has 1 aliphatic rings. The third-order valence-corrected chi connectivity index (χ3v) is 6.12. The molecule has 21 heavy (non-hydrogen) atoms. The Bertz CT molecular complexity index is 588. The predicted octanol–water partition coefficient (Wildman–Crippen LogP) is 2.43. The number of furan rings is 1. The molecule has 0 aromatic carbocycles. The Morgan fingerprint density at radius 2 is 1.90 bits per heavy atom. The Morgan fingerprint density at radius 1 is 1.24 bits per heavy atom. The molecule has 0 saturated heterocycles. The van der Waals surface area contributed by atoms with E-state index in [1.807, 2.05) is 20.8 Å². The molecule has 120 valence electrons. The molecule has 5 nitrogen and oxygen atoms in total. The molecule has 0 radical (unpaired) electrons. The average Bonchev–Trinajstić information content (AvgIpc) is 3.18. The smallest absolute Gasteiger partial charge is 0.246 e. The number of hydrogen-bond acceptors (Lipinski definition) is 4. The van der Waals surface area contributed by atoms with Gasteiger partial charge in [0.25, 0.3) is 0 Å². The summed E-state index contributed by atoms with van der Waals surface area (Å²) in [5.74, 6) is 1.72. The first kappa shape index (κ1) is 16.5. The van der Waals surface area contributed by atoms with Gasteiger partial charge in [0.2, 0.25) is 10.0 Å². The number of sulfonamides is 1. The molecule has 0 amide bonds. The summed E-state index contributed by atoms with van der Waals surface area (Å²) in [6.07, 6.45) is 2.28. The van der Waals surface area contributed by atoms with Crippen LogP contribution >= 0.6 is 0 Å². The first-order chi connectivity index (χ1) is 9.91. The summed E-state index contributed by atoms with van der Waals surface area (Å²) >= 11 is 0. The van der Waals surface area contributed by atoms with E-state index >= 15 is 0 Å². The zero-order chi connectivity index (χ0) is 15.6. The minimum Gasteiger partial charge on any atom is -0.465 e. The summed E-state index contributed by atoms with van der Waals surface area (Å²) in [6, 6.07) is 0. The molecule has 1 saturated carbocycles. The van der Waals surface area contributed by atoms with Gasteiger partial charge in [0.1, 0.15) is 16.4 Å². The molecule has 0 unspecified atom stereocenters. The van der Waals surface area contributed by atoms with Crippen molar-refractivity contribution in [1.82, 2.24) is 9.62 Å². The summed E-state index contributed by atoms with van der Waals surface area (Å²) in [4.78, 5) is 0.364. The summed E-state index contributed by atoms with van der Waals surface area (Å²) in [6.45, 7) is 9.91. The zero-order valence-electron chi connectivity index (χ0n) is 13.4. The van der Waals surface area contributed by atoms with Crippen molar-refractivity contribution in [2.45, 2.75) is 52.0 Å². The van der Waals surface area contributed by atoms with E-state index in [1.54, 1.807) is 11.2 Å². The van der Waals surface area contributed by atoms with Crippen LogP contribution in [0.1, 0.15) is 43.8 Å². The van der Waals surface area contributed by atoms with E-state index in [4.69, 9.17) is 4.42 Å². The minimum atomic E-state index is -3.48. The number of aryl methyl sites for hydroxylation is 2. The summed E-state index contributed by atoms with van der Waals surface area (Å²) in [7, 11) is -3.48. The highest BCUT2D eigenvalue weighted by atomic mass is 32.2. The van der Waals surface area contributed by atoms with Gasteiger partial charge in [-0.15, -0.1) is 0 Å². The Morgan fingerprint density at radius 3 is 2.43 bits per heavy atom. The molecule has 1 fully saturated rings. The van der Waals surface area contributed by atoms with Crippen LogP contribution in [-0.4, -0.2) is 32.4 Å².